The molecule has 0 aliphatic heterocycles. The molecule has 0 unspecified atom stereocenters. The van der Waals surface area contributed by atoms with E-state index < -0.39 is 9.84 Å². The lowest BCUT2D eigenvalue weighted by atomic mass is 10.4. The maximum Gasteiger partial charge on any atom is 0.250 e. The number of nitrogens with zero attached hydrogens (tertiary/aromatic N) is 3. The highest BCUT2D eigenvalue weighted by molar-refractivity contribution is 7.90. The van der Waals surface area contributed by atoms with Gasteiger partial charge in [0.15, 0.2) is 0 Å². The first kappa shape index (κ1) is 12.7. The average molecular weight is 244 g/mol. The van der Waals surface area contributed by atoms with E-state index in [4.69, 9.17) is 5.73 Å². The van der Waals surface area contributed by atoms with Crippen LogP contribution in [0.3, 0.4) is 0 Å². The largest absolute Gasteiger partial charge is 0.383 e. The van der Waals surface area contributed by atoms with Gasteiger partial charge in [0.05, 0.1) is 0 Å². The highest BCUT2D eigenvalue weighted by Gasteiger charge is 2.15. The number of rotatable bonds is 4. The van der Waals surface area contributed by atoms with E-state index >= 15 is 0 Å². The smallest absolute Gasteiger partial charge is 0.250 e. The van der Waals surface area contributed by atoms with Crippen molar-refractivity contribution in [2.24, 2.45) is 0 Å². The summed E-state index contributed by atoms with van der Waals surface area (Å²) in [6.45, 7) is 5.39. The van der Waals surface area contributed by atoms with E-state index in [1.54, 1.807) is 6.07 Å². The van der Waals surface area contributed by atoms with Gasteiger partial charge in [-0.25, -0.2) is 18.4 Å². The van der Waals surface area contributed by atoms with Crippen LogP contribution in [0.1, 0.15) is 13.8 Å². The third-order valence-electron chi connectivity index (χ3n) is 2.13. The molecule has 0 fully saturated rings. The summed E-state index contributed by atoms with van der Waals surface area (Å²) in [5, 5.41) is -0.227. The van der Waals surface area contributed by atoms with Crippen LogP contribution in [0, 0.1) is 0 Å². The van der Waals surface area contributed by atoms with Crippen LogP contribution < -0.4 is 10.6 Å². The first-order valence-electron chi connectivity index (χ1n) is 4.98. The Bertz CT molecular complexity index is 468. The molecule has 1 heterocycles. The maximum atomic E-state index is 11.3. The van der Waals surface area contributed by atoms with Gasteiger partial charge in [0, 0.05) is 25.4 Å². The molecule has 90 valence electrons. The lowest BCUT2D eigenvalue weighted by molar-refractivity contribution is 0.592. The van der Waals surface area contributed by atoms with Crippen molar-refractivity contribution >= 4 is 21.5 Å². The molecule has 6 nitrogen and oxygen atoms in total. The van der Waals surface area contributed by atoms with Gasteiger partial charge in [0.25, 0.3) is 5.16 Å². The number of anilines is 2. The molecule has 0 saturated carbocycles. The molecular weight excluding hydrogens is 228 g/mol. The summed E-state index contributed by atoms with van der Waals surface area (Å²) in [6.07, 6.45) is 1.06. The van der Waals surface area contributed by atoms with Gasteiger partial charge in [-0.15, -0.1) is 0 Å². The minimum Gasteiger partial charge on any atom is -0.383 e. The fraction of sp³-hybridized carbons (Fsp3) is 0.556. The molecule has 0 radical (unpaired) electrons. The van der Waals surface area contributed by atoms with Gasteiger partial charge in [-0.1, -0.05) is 0 Å². The molecule has 0 spiro atoms. The monoisotopic (exact) mass is 244 g/mol. The zero-order chi connectivity index (χ0) is 12.3. The summed E-state index contributed by atoms with van der Waals surface area (Å²) in [4.78, 5) is 9.61. The van der Waals surface area contributed by atoms with E-state index in [0.29, 0.717) is 5.82 Å². The summed E-state index contributed by atoms with van der Waals surface area (Å²) < 4.78 is 22.7. The maximum absolute atomic E-state index is 11.3. The van der Waals surface area contributed by atoms with E-state index in [9.17, 15) is 8.42 Å². The molecule has 0 aliphatic rings. The summed E-state index contributed by atoms with van der Waals surface area (Å²) in [5.74, 6) is 0.704. The second kappa shape index (κ2) is 4.65. The van der Waals surface area contributed by atoms with Gasteiger partial charge in [0.2, 0.25) is 9.84 Å². The molecule has 2 N–H and O–H groups in total. The molecule has 7 heteroatoms. The van der Waals surface area contributed by atoms with Gasteiger partial charge in [-0.2, -0.15) is 0 Å². The summed E-state index contributed by atoms with van der Waals surface area (Å²) >= 11 is 0. The van der Waals surface area contributed by atoms with Crippen molar-refractivity contribution in [2.75, 3.05) is 30.0 Å². The fourth-order valence-electron chi connectivity index (χ4n) is 1.31. The molecule has 0 aliphatic carbocycles. The van der Waals surface area contributed by atoms with Crippen LogP contribution in [-0.2, 0) is 9.84 Å². The van der Waals surface area contributed by atoms with Crippen molar-refractivity contribution in [1.82, 2.24) is 9.97 Å². The minimum absolute atomic E-state index is 0.164. The Hall–Kier alpha value is -1.37. The van der Waals surface area contributed by atoms with Crippen molar-refractivity contribution in [3.05, 3.63) is 6.07 Å². The van der Waals surface area contributed by atoms with Gasteiger partial charge in [0.1, 0.15) is 11.6 Å². The Balaban J connectivity index is 3.28. The predicted octanol–water partition coefficient (Wildman–Crippen LogP) is 0.309. The quantitative estimate of drug-likeness (QED) is 0.767. The molecule has 0 amide bonds. The summed E-state index contributed by atoms with van der Waals surface area (Å²) in [5.41, 5.74) is 5.56. The SMILES string of the molecule is CCN(CC)c1cc(N)nc(S(C)(=O)=O)n1. The Labute approximate surface area is 95.4 Å². The normalized spacial score (nSPS) is 11.4. The zero-order valence-electron chi connectivity index (χ0n) is 9.64. The number of nitrogen functional groups attached to an aromatic ring is 1. The fourth-order valence-corrected chi connectivity index (χ4v) is 1.84. The Kier molecular flexibility index (Phi) is 3.69. The van der Waals surface area contributed by atoms with Crippen LogP contribution in [0.5, 0.6) is 0 Å². The summed E-state index contributed by atoms with van der Waals surface area (Å²) in [6, 6.07) is 1.57. The van der Waals surface area contributed by atoms with Crippen LogP contribution >= 0.6 is 0 Å². The zero-order valence-corrected chi connectivity index (χ0v) is 10.5. The van der Waals surface area contributed by atoms with Gasteiger partial charge >= 0.3 is 0 Å². The predicted molar refractivity (Wildman–Crippen MR) is 63.1 cm³/mol. The molecule has 1 rings (SSSR count). The average Bonchev–Trinajstić information content (AvgIpc) is 2.17. The minimum atomic E-state index is -3.43. The van der Waals surface area contributed by atoms with E-state index in [2.05, 4.69) is 9.97 Å². The number of hydrogen-bond acceptors (Lipinski definition) is 6. The molecule has 16 heavy (non-hydrogen) atoms. The second-order valence-electron chi connectivity index (χ2n) is 3.38. The topological polar surface area (TPSA) is 89.2 Å². The molecule has 0 aromatic carbocycles. The number of sulfone groups is 1. The van der Waals surface area contributed by atoms with Gasteiger partial charge in [-0.3, -0.25) is 0 Å². The number of nitrogens with two attached hydrogens (primary N) is 1. The van der Waals surface area contributed by atoms with E-state index in [1.807, 2.05) is 18.7 Å². The Morgan fingerprint density at radius 2 is 1.88 bits per heavy atom. The lowest BCUT2D eigenvalue weighted by Gasteiger charge is -2.20. The van der Waals surface area contributed by atoms with Gasteiger partial charge < -0.3 is 10.6 Å². The molecule has 0 saturated heterocycles. The molecule has 1 aromatic rings. The third-order valence-corrected chi connectivity index (χ3v) is 2.98. The molecular formula is C9H16N4O2S. The standard InChI is InChI=1S/C9H16N4O2S/c1-4-13(5-2)8-6-7(10)11-9(12-8)16(3,14)15/h6H,4-5H2,1-3H3,(H2,10,11,12). The van der Waals surface area contributed by atoms with E-state index in [0.717, 1.165) is 19.3 Å². The van der Waals surface area contributed by atoms with E-state index in [1.165, 1.54) is 0 Å². The van der Waals surface area contributed by atoms with Crippen molar-refractivity contribution in [3.8, 4) is 0 Å². The highest BCUT2D eigenvalue weighted by Crippen LogP contribution is 2.15. The van der Waals surface area contributed by atoms with Crippen LogP contribution in [0.25, 0.3) is 0 Å². The second-order valence-corrected chi connectivity index (χ2v) is 5.29. The van der Waals surface area contributed by atoms with Gasteiger partial charge in [-0.05, 0) is 13.8 Å². The number of aromatic nitrogens is 2. The molecule has 0 atom stereocenters. The Morgan fingerprint density at radius 3 is 2.31 bits per heavy atom. The van der Waals surface area contributed by atoms with Crippen LogP contribution in [-0.4, -0.2) is 37.7 Å². The third kappa shape index (κ3) is 2.82. The summed E-state index contributed by atoms with van der Waals surface area (Å²) in [7, 11) is -3.43. The van der Waals surface area contributed by atoms with Crippen LogP contribution in [0.15, 0.2) is 11.2 Å². The highest BCUT2D eigenvalue weighted by atomic mass is 32.2. The molecule has 0 bridgehead atoms. The van der Waals surface area contributed by atoms with Crippen molar-refractivity contribution in [3.63, 3.8) is 0 Å². The number of hydrogen-bond donors (Lipinski definition) is 1. The first-order valence-corrected chi connectivity index (χ1v) is 6.87. The van der Waals surface area contributed by atoms with Crippen molar-refractivity contribution in [1.29, 1.82) is 0 Å². The van der Waals surface area contributed by atoms with Crippen molar-refractivity contribution in [2.45, 2.75) is 19.0 Å². The van der Waals surface area contributed by atoms with E-state index in [-0.39, 0.29) is 11.0 Å². The first-order chi connectivity index (χ1) is 7.38. The van der Waals surface area contributed by atoms with Crippen LogP contribution in [0.4, 0.5) is 11.6 Å². The Morgan fingerprint density at radius 1 is 1.31 bits per heavy atom. The van der Waals surface area contributed by atoms with Crippen molar-refractivity contribution < 1.29 is 8.42 Å². The van der Waals surface area contributed by atoms with Crippen LogP contribution in [0.2, 0.25) is 0 Å². The molecule has 1 aromatic heterocycles. The lowest BCUT2D eigenvalue weighted by Crippen LogP contribution is -2.24.